The van der Waals surface area contributed by atoms with Crippen LogP contribution in [0.15, 0.2) is 24.3 Å². The van der Waals surface area contributed by atoms with Crippen molar-refractivity contribution in [2.24, 2.45) is 0 Å². The van der Waals surface area contributed by atoms with Gasteiger partial charge in [-0.05, 0) is 17.7 Å². The minimum atomic E-state index is -0.534. The molecule has 0 bridgehead atoms. The molecule has 0 aliphatic rings. The van der Waals surface area contributed by atoms with Gasteiger partial charge in [0.1, 0.15) is 0 Å². The number of non-ortho nitro benzene ring substituents is 1. The number of hydrogen-bond acceptors (Lipinski definition) is 5. The summed E-state index contributed by atoms with van der Waals surface area (Å²) in [5.41, 5.74) is 0.260. The zero-order chi connectivity index (χ0) is 11.7. The van der Waals surface area contributed by atoms with Gasteiger partial charge in [-0.3, -0.25) is 10.1 Å². The topological polar surface area (TPSA) is 94.1 Å². The number of nitro benzene ring substituents is 1. The molecule has 1 aromatic carbocycles. The first-order valence-electron chi connectivity index (χ1n) is 4.14. The lowest BCUT2D eigenvalue weighted by Gasteiger charge is -2.00. The van der Waals surface area contributed by atoms with E-state index < -0.39 is 10.9 Å². The minimum Gasteiger partial charge on any atom is -0.478 e. The third-order valence-electron chi connectivity index (χ3n) is 1.84. The highest BCUT2D eigenvalue weighted by Crippen LogP contribution is 2.20. The first-order chi connectivity index (χ1) is 7.58. The van der Waals surface area contributed by atoms with E-state index in [-0.39, 0.29) is 11.0 Å². The lowest BCUT2D eigenvalue weighted by Crippen LogP contribution is -1.97. The summed E-state index contributed by atoms with van der Waals surface area (Å²) in [7, 11) is 0. The molecule has 1 heterocycles. The standard InChI is InChI=1S/C8H5ClN4O3/c9-7-10-8(14)11-12(7)5-2-1-3-6(4-5)13(15)16/h1-4H,(H,11,14). The molecule has 0 spiro atoms. The van der Waals surface area contributed by atoms with Crippen LogP contribution in [-0.4, -0.2) is 24.8 Å². The van der Waals surface area contributed by atoms with Crippen LogP contribution in [-0.2, 0) is 0 Å². The monoisotopic (exact) mass is 240 g/mol. The summed E-state index contributed by atoms with van der Waals surface area (Å²) in [5.74, 6) is 0. The van der Waals surface area contributed by atoms with E-state index in [9.17, 15) is 10.1 Å². The van der Waals surface area contributed by atoms with Gasteiger partial charge in [0.05, 0.1) is 10.6 Å². The van der Waals surface area contributed by atoms with Gasteiger partial charge in [0.2, 0.25) is 5.28 Å². The zero-order valence-electron chi connectivity index (χ0n) is 7.74. The van der Waals surface area contributed by atoms with E-state index >= 15 is 0 Å². The summed E-state index contributed by atoms with van der Waals surface area (Å²) in [6.45, 7) is 0. The van der Waals surface area contributed by atoms with Crippen LogP contribution in [0.1, 0.15) is 0 Å². The second kappa shape index (κ2) is 3.78. The maximum atomic E-state index is 10.6. The summed E-state index contributed by atoms with van der Waals surface area (Å²) in [5, 5.41) is 23.1. The molecule has 1 N–H and O–H groups in total. The van der Waals surface area contributed by atoms with Crippen molar-refractivity contribution in [3.63, 3.8) is 0 Å². The second-order valence-electron chi connectivity index (χ2n) is 2.87. The van der Waals surface area contributed by atoms with Gasteiger partial charge in [-0.15, -0.1) is 5.10 Å². The van der Waals surface area contributed by atoms with Gasteiger partial charge in [0.15, 0.2) is 0 Å². The number of aromatic hydroxyl groups is 1. The molecule has 2 aromatic rings. The van der Waals surface area contributed by atoms with Crippen molar-refractivity contribution in [3.8, 4) is 11.7 Å². The number of halogens is 1. The van der Waals surface area contributed by atoms with Gasteiger partial charge in [-0.25, -0.2) is 0 Å². The van der Waals surface area contributed by atoms with E-state index in [1.54, 1.807) is 6.07 Å². The van der Waals surface area contributed by atoms with E-state index in [0.717, 1.165) is 4.68 Å². The van der Waals surface area contributed by atoms with Crippen molar-refractivity contribution in [2.45, 2.75) is 0 Å². The van der Waals surface area contributed by atoms with E-state index in [0.29, 0.717) is 5.69 Å². The van der Waals surface area contributed by atoms with Gasteiger partial charge in [-0.2, -0.15) is 9.67 Å². The molecule has 0 fully saturated rings. The van der Waals surface area contributed by atoms with Crippen LogP contribution in [0.5, 0.6) is 6.01 Å². The molecule has 0 atom stereocenters. The molecule has 8 heteroatoms. The van der Waals surface area contributed by atoms with Gasteiger partial charge in [0.25, 0.3) is 5.69 Å². The summed E-state index contributed by atoms with van der Waals surface area (Å²) < 4.78 is 1.10. The lowest BCUT2D eigenvalue weighted by molar-refractivity contribution is -0.384. The largest absolute Gasteiger partial charge is 0.478 e. The van der Waals surface area contributed by atoms with Crippen LogP contribution in [0.2, 0.25) is 5.28 Å². The van der Waals surface area contributed by atoms with E-state index in [2.05, 4.69) is 10.1 Å². The van der Waals surface area contributed by atoms with Crippen molar-refractivity contribution >= 4 is 17.3 Å². The predicted octanol–water partition coefficient (Wildman–Crippen LogP) is 1.53. The number of nitro groups is 1. The SMILES string of the molecule is O=[N+]([O-])c1cccc(-n2nc(O)nc2Cl)c1. The van der Waals surface area contributed by atoms with Crippen molar-refractivity contribution < 1.29 is 10.0 Å². The number of rotatable bonds is 2. The molecule has 0 saturated heterocycles. The molecule has 0 aliphatic carbocycles. The molecular formula is C8H5ClN4O3. The van der Waals surface area contributed by atoms with Crippen LogP contribution in [0.3, 0.4) is 0 Å². The fraction of sp³-hybridized carbons (Fsp3) is 0. The molecule has 1 aromatic heterocycles. The third-order valence-corrected chi connectivity index (χ3v) is 2.09. The van der Waals surface area contributed by atoms with Gasteiger partial charge in [-0.1, -0.05) is 6.07 Å². The molecule has 2 rings (SSSR count). The Bertz CT molecular complexity index is 554. The Hall–Kier alpha value is -2.15. The molecule has 82 valence electrons. The number of hydrogen-bond donors (Lipinski definition) is 1. The zero-order valence-corrected chi connectivity index (χ0v) is 8.50. The Morgan fingerprint density at radius 1 is 1.50 bits per heavy atom. The van der Waals surface area contributed by atoms with Crippen LogP contribution < -0.4 is 0 Å². The molecule has 0 aliphatic heterocycles. The first-order valence-corrected chi connectivity index (χ1v) is 4.52. The smallest absolute Gasteiger partial charge is 0.334 e. The number of nitrogens with zero attached hydrogens (tertiary/aromatic N) is 4. The fourth-order valence-electron chi connectivity index (χ4n) is 1.19. The molecule has 0 saturated carbocycles. The quantitative estimate of drug-likeness (QED) is 0.635. The fourth-order valence-corrected chi connectivity index (χ4v) is 1.40. The normalized spacial score (nSPS) is 10.3. The summed E-state index contributed by atoms with van der Waals surface area (Å²) in [6.07, 6.45) is 0. The number of aromatic nitrogens is 3. The van der Waals surface area contributed by atoms with E-state index in [1.165, 1.54) is 18.2 Å². The second-order valence-corrected chi connectivity index (χ2v) is 3.21. The van der Waals surface area contributed by atoms with Gasteiger partial charge in [0, 0.05) is 12.1 Å². The lowest BCUT2D eigenvalue weighted by atomic mass is 10.3. The Morgan fingerprint density at radius 2 is 2.25 bits per heavy atom. The Morgan fingerprint density at radius 3 is 2.81 bits per heavy atom. The highest BCUT2D eigenvalue weighted by molar-refractivity contribution is 6.28. The Balaban J connectivity index is 2.52. The maximum Gasteiger partial charge on any atom is 0.334 e. The highest BCUT2D eigenvalue weighted by atomic mass is 35.5. The molecule has 0 radical (unpaired) electrons. The minimum absolute atomic E-state index is 0.0713. The molecule has 7 nitrogen and oxygen atoms in total. The van der Waals surface area contributed by atoms with Crippen LogP contribution >= 0.6 is 11.6 Å². The van der Waals surface area contributed by atoms with Gasteiger partial charge >= 0.3 is 6.01 Å². The predicted molar refractivity (Wildman–Crippen MR) is 54.7 cm³/mol. The van der Waals surface area contributed by atoms with Crippen molar-refractivity contribution in [3.05, 3.63) is 39.7 Å². The average molecular weight is 241 g/mol. The van der Waals surface area contributed by atoms with E-state index in [4.69, 9.17) is 16.7 Å². The van der Waals surface area contributed by atoms with Crippen molar-refractivity contribution in [2.75, 3.05) is 0 Å². The maximum absolute atomic E-state index is 10.6. The van der Waals surface area contributed by atoms with Crippen LogP contribution in [0.4, 0.5) is 5.69 Å². The molecule has 0 unspecified atom stereocenters. The average Bonchev–Trinajstić information content (AvgIpc) is 2.58. The van der Waals surface area contributed by atoms with Gasteiger partial charge < -0.3 is 5.11 Å². The van der Waals surface area contributed by atoms with E-state index in [1.807, 2.05) is 0 Å². The molecular weight excluding hydrogens is 236 g/mol. The number of benzene rings is 1. The summed E-state index contributed by atoms with van der Waals surface area (Å²) >= 11 is 5.67. The van der Waals surface area contributed by atoms with Crippen LogP contribution in [0, 0.1) is 10.1 Å². The molecule has 0 amide bonds. The summed E-state index contributed by atoms with van der Waals surface area (Å²) in [6, 6.07) is 5.18. The Kier molecular flexibility index (Phi) is 2.45. The Labute approximate surface area is 94.1 Å². The van der Waals surface area contributed by atoms with Crippen LogP contribution in [0.25, 0.3) is 5.69 Å². The van der Waals surface area contributed by atoms with Crippen molar-refractivity contribution in [1.82, 2.24) is 14.8 Å². The van der Waals surface area contributed by atoms with Crippen molar-refractivity contribution in [1.29, 1.82) is 0 Å². The first kappa shape index (κ1) is 10.4. The molecule has 16 heavy (non-hydrogen) atoms. The highest BCUT2D eigenvalue weighted by Gasteiger charge is 2.12. The third kappa shape index (κ3) is 1.80. The summed E-state index contributed by atoms with van der Waals surface area (Å²) in [4.78, 5) is 13.5.